The zero-order valence-electron chi connectivity index (χ0n) is 11.7. The Bertz CT molecular complexity index is 627. The van der Waals surface area contributed by atoms with Gasteiger partial charge >= 0.3 is 6.03 Å². The van der Waals surface area contributed by atoms with E-state index in [1.165, 1.54) is 0 Å². The van der Waals surface area contributed by atoms with E-state index >= 15 is 0 Å². The fourth-order valence-corrected chi connectivity index (χ4v) is 2.15. The van der Waals surface area contributed by atoms with Crippen LogP contribution in [0, 0.1) is 6.92 Å². The second kappa shape index (κ2) is 7.13. The number of phenols is 1. The second-order valence-corrected chi connectivity index (χ2v) is 5.69. The average molecular weight is 349 g/mol. The number of urea groups is 1. The molecule has 21 heavy (non-hydrogen) atoms. The minimum absolute atomic E-state index is 0.0589. The quantitative estimate of drug-likeness (QED) is 0.735. The summed E-state index contributed by atoms with van der Waals surface area (Å²) in [7, 11) is 0. The molecule has 0 heterocycles. The summed E-state index contributed by atoms with van der Waals surface area (Å²) in [5, 5.41) is 15.1. The van der Waals surface area contributed by atoms with Crippen LogP contribution in [-0.4, -0.2) is 17.7 Å². The van der Waals surface area contributed by atoms with Gasteiger partial charge in [-0.15, -0.1) is 0 Å². The Labute approximate surface area is 132 Å². The Balaban J connectivity index is 1.82. The number of hydrogen-bond donors (Lipinski definition) is 3. The number of aromatic hydroxyl groups is 1. The van der Waals surface area contributed by atoms with E-state index in [4.69, 9.17) is 0 Å². The maximum atomic E-state index is 11.8. The van der Waals surface area contributed by atoms with Crippen molar-refractivity contribution in [1.82, 2.24) is 5.32 Å². The van der Waals surface area contributed by atoms with Gasteiger partial charge in [-0.05, 0) is 48.7 Å². The number of anilines is 1. The van der Waals surface area contributed by atoms with Crippen molar-refractivity contribution in [2.24, 2.45) is 0 Å². The summed E-state index contributed by atoms with van der Waals surface area (Å²) in [4.78, 5) is 11.8. The number of carbonyl (C=O) groups excluding carboxylic acids is 1. The van der Waals surface area contributed by atoms with Crippen molar-refractivity contribution >= 4 is 27.6 Å². The average Bonchev–Trinajstić information content (AvgIpc) is 2.45. The van der Waals surface area contributed by atoms with Gasteiger partial charge in [-0.25, -0.2) is 4.79 Å². The molecule has 0 saturated carbocycles. The van der Waals surface area contributed by atoms with Gasteiger partial charge in [0.15, 0.2) is 0 Å². The molecule has 3 N–H and O–H groups in total. The van der Waals surface area contributed by atoms with Crippen LogP contribution >= 0.6 is 15.9 Å². The molecular formula is C16H17BrN2O2. The van der Waals surface area contributed by atoms with Crippen molar-refractivity contribution in [2.45, 2.75) is 13.3 Å². The molecule has 5 heteroatoms. The fraction of sp³-hybridized carbons (Fsp3) is 0.188. The fourth-order valence-electron chi connectivity index (χ4n) is 1.89. The predicted molar refractivity (Wildman–Crippen MR) is 87.7 cm³/mol. The number of halogens is 1. The van der Waals surface area contributed by atoms with Gasteiger partial charge in [-0.3, -0.25) is 0 Å². The van der Waals surface area contributed by atoms with E-state index in [0.29, 0.717) is 12.2 Å². The summed E-state index contributed by atoms with van der Waals surface area (Å²) in [5.41, 5.74) is 2.53. The molecule has 2 aromatic carbocycles. The molecule has 0 aliphatic heterocycles. The largest absolute Gasteiger partial charge is 0.506 e. The highest BCUT2D eigenvalue weighted by molar-refractivity contribution is 9.10. The molecule has 0 unspecified atom stereocenters. The van der Waals surface area contributed by atoms with E-state index in [1.807, 2.05) is 31.2 Å². The van der Waals surface area contributed by atoms with Gasteiger partial charge in [0.25, 0.3) is 0 Å². The highest BCUT2D eigenvalue weighted by Gasteiger charge is 2.05. The first-order valence-electron chi connectivity index (χ1n) is 6.63. The van der Waals surface area contributed by atoms with Crippen molar-refractivity contribution in [2.75, 3.05) is 11.9 Å². The number of benzene rings is 2. The lowest BCUT2D eigenvalue weighted by Crippen LogP contribution is -2.30. The molecule has 0 bridgehead atoms. The van der Waals surface area contributed by atoms with Crippen LogP contribution < -0.4 is 10.6 Å². The summed E-state index contributed by atoms with van der Waals surface area (Å²) >= 11 is 3.38. The number of phenolic OH excluding ortho intramolecular Hbond substituents is 1. The third-order valence-corrected chi connectivity index (χ3v) is 3.54. The Morgan fingerprint density at radius 2 is 1.90 bits per heavy atom. The number of rotatable bonds is 4. The molecule has 0 radical (unpaired) electrons. The van der Waals surface area contributed by atoms with Crippen LogP contribution in [0.4, 0.5) is 10.5 Å². The molecule has 110 valence electrons. The van der Waals surface area contributed by atoms with Crippen molar-refractivity contribution in [1.29, 1.82) is 0 Å². The van der Waals surface area contributed by atoms with Crippen LogP contribution in [0.3, 0.4) is 0 Å². The van der Waals surface area contributed by atoms with Crippen LogP contribution in [0.1, 0.15) is 11.1 Å². The van der Waals surface area contributed by atoms with Crippen LogP contribution in [0.2, 0.25) is 0 Å². The Morgan fingerprint density at radius 1 is 1.19 bits per heavy atom. The molecule has 0 aliphatic carbocycles. The Hall–Kier alpha value is -2.01. The van der Waals surface area contributed by atoms with Gasteiger partial charge in [-0.2, -0.15) is 0 Å². The number of carbonyl (C=O) groups is 1. The summed E-state index contributed by atoms with van der Waals surface area (Å²) in [6, 6.07) is 12.7. The zero-order chi connectivity index (χ0) is 15.2. The molecule has 2 rings (SSSR count). The monoisotopic (exact) mass is 348 g/mol. The van der Waals surface area contributed by atoms with Gasteiger partial charge in [0.05, 0.1) is 5.69 Å². The van der Waals surface area contributed by atoms with Crippen molar-refractivity contribution in [3.63, 3.8) is 0 Å². The molecular weight excluding hydrogens is 332 g/mol. The molecule has 0 fully saturated rings. The van der Waals surface area contributed by atoms with E-state index in [9.17, 15) is 9.90 Å². The van der Waals surface area contributed by atoms with Gasteiger partial charge in [0.1, 0.15) is 5.75 Å². The maximum Gasteiger partial charge on any atom is 0.319 e. The topological polar surface area (TPSA) is 61.4 Å². The van der Waals surface area contributed by atoms with Crippen molar-refractivity contribution in [3.8, 4) is 5.75 Å². The van der Waals surface area contributed by atoms with E-state index in [-0.39, 0.29) is 11.8 Å². The predicted octanol–water partition coefficient (Wildman–Crippen LogP) is 3.83. The zero-order valence-corrected chi connectivity index (χ0v) is 13.3. The highest BCUT2D eigenvalue weighted by atomic mass is 79.9. The second-order valence-electron chi connectivity index (χ2n) is 4.78. The smallest absolute Gasteiger partial charge is 0.319 e. The molecule has 0 aromatic heterocycles. The van der Waals surface area contributed by atoms with Crippen LogP contribution in [0.15, 0.2) is 46.9 Å². The number of aryl methyl sites for hydroxylation is 1. The van der Waals surface area contributed by atoms with Crippen molar-refractivity contribution in [3.05, 3.63) is 58.1 Å². The lowest BCUT2D eigenvalue weighted by molar-refractivity contribution is 0.252. The standard InChI is InChI=1S/C16H17BrN2O2/c1-11-2-7-15(20)14(10-11)19-16(21)18-9-8-12-3-5-13(17)6-4-12/h2-7,10,20H,8-9H2,1H3,(H2,18,19,21). The van der Waals surface area contributed by atoms with Gasteiger partial charge in [0.2, 0.25) is 0 Å². The third-order valence-electron chi connectivity index (χ3n) is 3.01. The van der Waals surface area contributed by atoms with E-state index < -0.39 is 0 Å². The molecule has 4 nitrogen and oxygen atoms in total. The third kappa shape index (κ3) is 4.79. The summed E-state index contributed by atoms with van der Waals surface area (Å²) in [6.07, 6.45) is 0.750. The Kier molecular flexibility index (Phi) is 5.22. The Morgan fingerprint density at radius 3 is 2.62 bits per heavy atom. The minimum atomic E-state index is -0.326. The first-order valence-corrected chi connectivity index (χ1v) is 7.43. The number of hydrogen-bond acceptors (Lipinski definition) is 2. The maximum absolute atomic E-state index is 11.8. The van der Waals surface area contributed by atoms with Gasteiger partial charge in [-0.1, -0.05) is 34.1 Å². The first kappa shape index (κ1) is 15.4. The molecule has 0 aliphatic rings. The van der Waals surface area contributed by atoms with Gasteiger partial charge < -0.3 is 15.7 Å². The van der Waals surface area contributed by atoms with E-state index in [1.54, 1.807) is 18.2 Å². The molecule has 0 atom stereocenters. The highest BCUT2D eigenvalue weighted by Crippen LogP contribution is 2.23. The van der Waals surface area contributed by atoms with Crippen LogP contribution in [0.5, 0.6) is 5.75 Å². The minimum Gasteiger partial charge on any atom is -0.506 e. The van der Waals surface area contributed by atoms with Gasteiger partial charge in [0, 0.05) is 11.0 Å². The van der Waals surface area contributed by atoms with Crippen LogP contribution in [-0.2, 0) is 6.42 Å². The summed E-state index contributed by atoms with van der Waals surface area (Å²) in [6.45, 7) is 2.43. The number of nitrogens with one attached hydrogen (secondary N) is 2. The normalized spacial score (nSPS) is 10.2. The van der Waals surface area contributed by atoms with Crippen LogP contribution in [0.25, 0.3) is 0 Å². The molecule has 2 amide bonds. The molecule has 0 saturated heterocycles. The summed E-state index contributed by atoms with van der Waals surface area (Å²) < 4.78 is 1.03. The number of amides is 2. The van der Waals surface area contributed by atoms with E-state index in [2.05, 4.69) is 26.6 Å². The summed E-state index contributed by atoms with van der Waals surface area (Å²) in [5.74, 6) is 0.0589. The van der Waals surface area contributed by atoms with Crippen molar-refractivity contribution < 1.29 is 9.90 Å². The SMILES string of the molecule is Cc1ccc(O)c(NC(=O)NCCc2ccc(Br)cc2)c1. The lowest BCUT2D eigenvalue weighted by Gasteiger charge is -2.10. The molecule has 2 aromatic rings. The van der Waals surface area contributed by atoms with E-state index in [0.717, 1.165) is 22.0 Å². The molecule has 0 spiro atoms. The first-order chi connectivity index (χ1) is 10.0. The lowest BCUT2D eigenvalue weighted by atomic mass is 10.1.